The number of carbonyl (C=O) groups is 3. The monoisotopic (exact) mass is 422 g/mol. The molecule has 2 heterocycles. The standard InChI is InChI=1S/C23H22N2O6/c1-4-31-23(28)17-11-24-18(20-16(17)9-13(29-2)10-19(20)30-3)12-25-21(26)14-7-5-6-8-15(14)22(25)27/h5-10,17H,4,11-12H2,1-3H3. The molecule has 8 nitrogen and oxygen atoms in total. The molecule has 2 aromatic rings. The molecular weight excluding hydrogens is 400 g/mol. The molecule has 0 saturated heterocycles. The molecule has 0 aromatic heterocycles. The molecule has 160 valence electrons. The maximum atomic E-state index is 12.8. The molecule has 2 aromatic carbocycles. The third-order valence-corrected chi connectivity index (χ3v) is 5.45. The van der Waals surface area contributed by atoms with E-state index in [9.17, 15) is 14.4 Å². The highest BCUT2D eigenvalue weighted by Gasteiger charge is 2.39. The lowest BCUT2D eigenvalue weighted by Crippen LogP contribution is -2.37. The molecule has 2 amide bonds. The predicted molar refractivity (Wildman–Crippen MR) is 112 cm³/mol. The van der Waals surface area contributed by atoms with Crippen molar-refractivity contribution in [2.75, 3.05) is 33.9 Å². The van der Waals surface area contributed by atoms with Crippen LogP contribution in [-0.4, -0.2) is 62.3 Å². The van der Waals surface area contributed by atoms with Crippen LogP contribution in [0.5, 0.6) is 11.5 Å². The zero-order valence-corrected chi connectivity index (χ0v) is 17.5. The first-order valence-electron chi connectivity index (χ1n) is 9.91. The van der Waals surface area contributed by atoms with Crippen molar-refractivity contribution in [1.82, 2.24) is 4.90 Å². The molecule has 1 unspecified atom stereocenters. The van der Waals surface area contributed by atoms with E-state index in [2.05, 4.69) is 4.99 Å². The predicted octanol–water partition coefficient (Wildman–Crippen LogP) is 2.45. The maximum Gasteiger partial charge on any atom is 0.315 e. The number of carbonyl (C=O) groups excluding carboxylic acids is 3. The molecule has 4 rings (SSSR count). The Hall–Kier alpha value is -3.68. The van der Waals surface area contributed by atoms with Crippen molar-refractivity contribution >= 4 is 23.5 Å². The number of amides is 2. The van der Waals surface area contributed by atoms with Crippen LogP contribution in [0, 0.1) is 0 Å². The van der Waals surface area contributed by atoms with E-state index in [0.717, 1.165) is 0 Å². The number of fused-ring (bicyclic) bond motifs is 2. The Bertz CT molecular complexity index is 1070. The van der Waals surface area contributed by atoms with E-state index in [-0.39, 0.29) is 31.5 Å². The average molecular weight is 422 g/mol. The van der Waals surface area contributed by atoms with Gasteiger partial charge in [0.25, 0.3) is 11.8 Å². The lowest BCUT2D eigenvalue weighted by atomic mass is 9.87. The van der Waals surface area contributed by atoms with Crippen LogP contribution in [0.15, 0.2) is 41.4 Å². The van der Waals surface area contributed by atoms with Crippen molar-refractivity contribution in [2.24, 2.45) is 4.99 Å². The van der Waals surface area contributed by atoms with Gasteiger partial charge in [0.1, 0.15) is 17.4 Å². The SMILES string of the molecule is CCOC(=O)C1CN=C(CN2C(=O)c3ccccc3C2=O)c2c(OC)cc(OC)cc21. The molecule has 0 spiro atoms. The van der Waals surface area contributed by atoms with Crippen LogP contribution in [0.3, 0.4) is 0 Å². The molecule has 31 heavy (non-hydrogen) atoms. The van der Waals surface area contributed by atoms with Crippen molar-refractivity contribution in [1.29, 1.82) is 0 Å². The number of rotatable bonds is 6. The van der Waals surface area contributed by atoms with Gasteiger partial charge in [0.2, 0.25) is 0 Å². The summed E-state index contributed by atoms with van der Waals surface area (Å²) < 4.78 is 16.1. The van der Waals surface area contributed by atoms with E-state index >= 15 is 0 Å². The van der Waals surface area contributed by atoms with Crippen LogP contribution < -0.4 is 9.47 Å². The van der Waals surface area contributed by atoms with Gasteiger partial charge in [0, 0.05) is 11.6 Å². The van der Waals surface area contributed by atoms with Crippen LogP contribution >= 0.6 is 0 Å². The van der Waals surface area contributed by atoms with Crippen LogP contribution in [-0.2, 0) is 9.53 Å². The number of benzene rings is 2. The molecule has 0 saturated carbocycles. The summed E-state index contributed by atoms with van der Waals surface area (Å²) in [5.41, 5.74) is 2.44. The van der Waals surface area contributed by atoms with Gasteiger partial charge in [0.15, 0.2) is 0 Å². The molecule has 0 fully saturated rings. The van der Waals surface area contributed by atoms with Crippen molar-refractivity contribution in [3.05, 3.63) is 58.7 Å². The minimum Gasteiger partial charge on any atom is -0.497 e. The first-order chi connectivity index (χ1) is 15.0. The van der Waals surface area contributed by atoms with Crippen molar-refractivity contribution in [3.63, 3.8) is 0 Å². The zero-order chi connectivity index (χ0) is 22.1. The lowest BCUT2D eigenvalue weighted by Gasteiger charge is -2.27. The molecule has 2 aliphatic rings. The third-order valence-electron chi connectivity index (χ3n) is 5.45. The van der Waals surface area contributed by atoms with Crippen molar-refractivity contribution < 1.29 is 28.6 Å². The van der Waals surface area contributed by atoms with Gasteiger partial charge in [-0.1, -0.05) is 12.1 Å². The lowest BCUT2D eigenvalue weighted by molar-refractivity contribution is -0.144. The summed E-state index contributed by atoms with van der Waals surface area (Å²) in [6.07, 6.45) is 0. The Labute approximate surface area is 179 Å². The molecule has 8 heteroatoms. The van der Waals surface area contributed by atoms with Crippen molar-refractivity contribution in [2.45, 2.75) is 12.8 Å². The van der Waals surface area contributed by atoms with Crippen LogP contribution in [0.1, 0.15) is 44.7 Å². The van der Waals surface area contributed by atoms with Crippen LogP contribution in [0.25, 0.3) is 0 Å². The second-order valence-electron chi connectivity index (χ2n) is 7.13. The summed E-state index contributed by atoms with van der Waals surface area (Å²) in [4.78, 5) is 44.0. The molecule has 0 aliphatic carbocycles. The fraction of sp³-hybridized carbons (Fsp3) is 0.304. The van der Waals surface area contributed by atoms with Gasteiger partial charge in [-0.2, -0.15) is 0 Å². The molecule has 0 radical (unpaired) electrons. The van der Waals surface area contributed by atoms with E-state index in [1.54, 1.807) is 43.3 Å². The minimum absolute atomic E-state index is 0.0302. The highest BCUT2D eigenvalue weighted by Crippen LogP contribution is 2.38. The van der Waals surface area contributed by atoms with Crippen LogP contribution in [0.2, 0.25) is 0 Å². The van der Waals surface area contributed by atoms with Crippen molar-refractivity contribution in [3.8, 4) is 11.5 Å². The van der Waals surface area contributed by atoms with E-state index in [0.29, 0.717) is 39.5 Å². The van der Waals surface area contributed by atoms with Gasteiger partial charge >= 0.3 is 5.97 Å². The second kappa shape index (κ2) is 8.22. The highest BCUT2D eigenvalue weighted by molar-refractivity contribution is 6.23. The fourth-order valence-electron chi connectivity index (χ4n) is 3.96. The Balaban J connectivity index is 1.75. The molecular formula is C23H22N2O6. The van der Waals surface area contributed by atoms with Gasteiger partial charge in [-0.05, 0) is 30.7 Å². The number of ether oxygens (including phenoxy) is 3. The Morgan fingerprint density at radius 2 is 1.77 bits per heavy atom. The fourth-order valence-corrected chi connectivity index (χ4v) is 3.96. The van der Waals surface area contributed by atoms with E-state index in [1.165, 1.54) is 19.1 Å². The zero-order valence-electron chi connectivity index (χ0n) is 17.5. The van der Waals surface area contributed by atoms with Gasteiger partial charge < -0.3 is 14.2 Å². The van der Waals surface area contributed by atoms with E-state index < -0.39 is 11.9 Å². The summed E-state index contributed by atoms with van der Waals surface area (Å²) in [6.45, 7) is 2.10. The third kappa shape index (κ3) is 3.43. The summed E-state index contributed by atoms with van der Waals surface area (Å²) in [6, 6.07) is 10.1. The molecule has 2 aliphatic heterocycles. The maximum absolute atomic E-state index is 12.8. The number of methoxy groups -OCH3 is 2. The largest absolute Gasteiger partial charge is 0.497 e. The number of nitrogens with zero attached hydrogens (tertiary/aromatic N) is 2. The first-order valence-corrected chi connectivity index (χ1v) is 9.91. The van der Waals surface area contributed by atoms with E-state index in [1.807, 2.05) is 0 Å². The normalized spacial score (nSPS) is 17.1. The number of hydrogen-bond donors (Lipinski definition) is 0. The summed E-state index contributed by atoms with van der Waals surface area (Å²) in [7, 11) is 3.03. The number of imide groups is 1. The van der Waals surface area contributed by atoms with E-state index in [4.69, 9.17) is 14.2 Å². The second-order valence-corrected chi connectivity index (χ2v) is 7.13. The Kier molecular flexibility index (Phi) is 5.46. The van der Waals surface area contributed by atoms with Gasteiger partial charge in [-0.25, -0.2) is 0 Å². The van der Waals surface area contributed by atoms with Gasteiger partial charge in [0.05, 0.1) is 50.8 Å². The molecule has 0 N–H and O–H groups in total. The summed E-state index contributed by atoms with van der Waals surface area (Å²) >= 11 is 0. The summed E-state index contributed by atoms with van der Waals surface area (Å²) in [5, 5.41) is 0. The topological polar surface area (TPSA) is 94.5 Å². The first kappa shape index (κ1) is 20.6. The van der Waals surface area contributed by atoms with Crippen LogP contribution in [0.4, 0.5) is 0 Å². The minimum atomic E-state index is -0.634. The molecule has 1 atom stereocenters. The quantitative estimate of drug-likeness (QED) is 0.524. The number of esters is 1. The summed E-state index contributed by atoms with van der Waals surface area (Å²) in [5.74, 6) is -0.812. The Morgan fingerprint density at radius 3 is 2.35 bits per heavy atom. The van der Waals surface area contributed by atoms with Gasteiger partial charge in [-0.3, -0.25) is 24.3 Å². The average Bonchev–Trinajstić information content (AvgIpc) is 3.03. The highest BCUT2D eigenvalue weighted by atomic mass is 16.5. The number of aliphatic imine (C=N–C) groups is 1. The molecule has 0 bridgehead atoms. The van der Waals surface area contributed by atoms with Gasteiger partial charge in [-0.15, -0.1) is 0 Å². The number of hydrogen-bond acceptors (Lipinski definition) is 7. The smallest absolute Gasteiger partial charge is 0.315 e. The Morgan fingerprint density at radius 1 is 1.10 bits per heavy atom.